The number of fused-ring (bicyclic) bond motifs is 2. The van der Waals surface area contributed by atoms with Gasteiger partial charge in [-0.3, -0.25) is 19.2 Å². The second kappa shape index (κ2) is 19.8. The highest BCUT2D eigenvalue weighted by Crippen LogP contribution is 2.39. The van der Waals surface area contributed by atoms with Crippen LogP contribution >= 0.6 is 35.0 Å². The van der Waals surface area contributed by atoms with Gasteiger partial charge in [0.15, 0.2) is 22.9 Å². The van der Waals surface area contributed by atoms with E-state index in [0.29, 0.717) is 55.2 Å². The van der Waals surface area contributed by atoms with Crippen LogP contribution in [-0.4, -0.2) is 65.0 Å². The summed E-state index contributed by atoms with van der Waals surface area (Å²) in [5.74, 6) is -1.96. The predicted octanol–water partition coefficient (Wildman–Crippen LogP) is 10.8. The normalized spacial score (nSPS) is 10.9. The fraction of sp³-hybridized carbons (Fsp3) is 0.102. The molecule has 0 radical (unpaired) electrons. The van der Waals surface area contributed by atoms with Crippen LogP contribution < -0.4 is 34.5 Å². The molecule has 2 amide bonds. The van der Waals surface area contributed by atoms with E-state index in [1.54, 1.807) is 71.6 Å². The molecule has 4 aromatic heterocycles. The van der Waals surface area contributed by atoms with Crippen LogP contribution in [0.25, 0.3) is 33.1 Å². The predicted molar refractivity (Wildman–Crippen MR) is 258 cm³/mol. The number of nitrogens with zero attached hydrogens (tertiary/aromatic N) is 5. The van der Waals surface area contributed by atoms with Gasteiger partial charge in [-0.1, -0.05) is 59.2 Å². The summed E-state index contributed by atoms with van der Waals surface area (Å²) in [5.41, 5.74) is 3.39. The second-order valence-electron chi connectivity index (χ2n) is 14.6. The molecule has 0 saturated heterocycles. The second-order valence-corrected chi connectivity index (χ2v) is 16.4. The molecule has 67 heavy (non-hydrogen) atoms. The van der Waals surface area contributed by atoms with Crippen molar-refractivity contribution < 1.29 is 38.1 Å². The van der Waals surface area contributed by atoms with Gasteiger partial charge in [-0.15, -0.1) is 0 Å². The number of pyridine rings is 4. The molecule has 0 aliphatic heterocycles. The first-order valence-electron chi connectivity index (χ1n) is 20.2. The fourth-order valence-corrected chi connectivity index (χ4v) is 8.28. The summed E-state index contributed by atoms with van der Waals surface area (Å²) >= 11 is 14.7. The number of carbonyl (C=O) groups is 4. The van der Waals surface area contributed by atoms with Crippen LogP contribution in [0.1, 0.15) is 34.8 Å². The first-order chi connectivity index (χ1) is 32.3. The summed E-state index contributed by atoms with van der Waals surface area (Å²) in [4.78, 5) is 72.3. The first kappa shape index (κ1) is 45.8. The number of hydrogen-bond acceptors (Lipinski definition) is 14. The van der Waals surface area contributed by atoms with E-state index < -0.39 is 23.8 Å². The number of methoxy groups -OCH3 is 2. The minimum absolute atomic E-state index is 0.0889. The molecule has 336 valence electrons. The van der Waals surface area contributed by atoms with E-state index in [4.69, 9.17) is 52.1 Å². The summed E-state index contributed by atoms with van der Waals surface area (Å²) in [6, 6.07) is 33.7. The molecule has 2 N–H and O–H groups in total. The summed E-state index contributed by atoms with van der Waals surface area (Å²) < 4.78 is 21.6. The zero-order valence-electron chi connectivity index (χ0n) is 36.2. The molecule has 0 atom stereocenters. The van der Waals surface area contributed by atoms with E-state index in [9.17, 15) is 19.2 Å². The van der Waals surface area contributed by atoms with Crippen molar-refractivity contribution in [1.29, 1.82) is 0 Å². The lowest BCUT2D eigenvalue weighted by atomic mass is 10.1. The van der Waals surface area contributed by atoms with Gasteiger partial charge in [0.1, 0.15) is 10.8 Å². The number of esters is 2. The van der Waals surface area contributed by atoms with Crippen LogP contribution in [0.15, 0.2) is 131 Å². The Kier molecular flexibility index (Phi) is 13.5. The summed E-state index contributed by atoms with van der Waals surface area (Å²) in [6.45, 7) is 2.43. The highest BCUT2D eigenvalue weighted by molar-refractivity contribution is 7.99. The number of nitrogens with one attached hydrogen (secondary N) is 2. The minimum atomic E-state index is -0.674. The average Bonchev–Trinajstić information content (AvgIpc) is 3.31. The van der Waals surface area contributed by atoms with Crippen molar-refractivity contribution in [2.24, 2.45) is 0 Å². The fourth-order valence-electron chi connectivity index (χ4n) is 6.90. The number of hydrogen-bond donors (Lipinski definition) is 2. The lowest BCUT2D eigenvalue weighted by Gasteiger charge is -2.21. The van der Waals surface area contributed by atoms with Gasteiger partial charge < -0.3 is 34.5 Å². The molecule has 0 saturated carbocycles. The molecule has 0 aliphatic rings. The number of aromatic nitrogens is 4. The number of benzene rings is 4. The van der Waals surface area contributed by atoms with Gasteiger partial charge >= 0.3 is 11.9 Å². The van der Waals surface area contributed by atoms with E-state index in [-0.39, 0.29) is 34.4 Å². The molecule has 8 aromatic rings. The van der Waals surface area contributed by atoms with Crippen molar-refractivity contribution in [2.75, 3.05) is 36.8 Å². The summed E-state index contributed by atoms with van der Waals surface area (Å²) in [7, 11) is 4.59. The van der Waals surface area contributed by atoms with E-state index in [1.165, 1.54) is 52.1 Å². The third kappa shape index (κ3) is 10.2. The zero-order chi connectivity index (χ0) is 47.4. The number of amides is 2. The largest absolute Gasteiger partial charge is 0.493 e. The quantitative estimate of drug-likeness (QED) is 0.104. The van der Waals surface area contributed by atoms with Crippen LogP contribution in [0.2, 0.25) is 10.0 Å². The van der Waals surface area contributed by atoms with Crippen LogP contribution in [0, 0.1) is 0 Å². The Morgan fingerprint density at radius 1 is 0.627 bits per heavy atom. The van der Waals surface area contributed by atoms with Crippen LogP contribution in [0.3, 0.4) is 0 Å². The van der Waals surface area contributed by atoms with E-state index in [2.05, 4.69) is 20.6 Å². The van der Waals surface area contributed by atoms with Crippen molar-refractivity contribution in [3.8, 4) is 34.3 Å². The highest BCUT2D eigenvalue weighted by Gasteiger charge is 2.25. The van der Waals surface area contributed by atoms with Gasteiger partial charge in [-0.05, 0) is 78.9 Å². The van der Waals surface area contributed by atoms with Crippen molar-refractivity contribution in [3.05, 3.63) is 143 Å². The molecule has 0 spiro atoms. The van der Waals surface area contributed by atoms with Crippen molar-refractivity contribution in [2.45, 2.75) is 23.8 Å². The van der Waals surface area contributed by atoms with Crippen molar-refractivity contribution in [3.63, 3.8) is 0 Å². The summed E-state index contributed by atoms with van der Waals surface area (Å²) in [5, 5.41) is 8.89. The maximum absolute atomic E-state index is 14.0. The van der Waals surface area contributed by atoms with Crippen molar-refractivity contribution in [1.82, 2.24) is 19.9 Å². The van der Waals surface area contributed by atoms with Gasteiger partial charge in [0.25, 0.3) is 11.8 Å². The Balaban J connectivity index is 1.01. The lowest BCUT2D eigenvalue weighted by Crippen LogP contribution is -2.18. The van der Waals surface area contributed by atoms with Gasteiger partial charge in [0.2, 0.25) is 11.5 Å². The molecule has 8 rings (SSSR count). The third-order valence-corrected chi connectivity index (χ3v) is 11.8. The Morgan fingerprint density at radius 2 is 1.25 bits per heavy atom. The Morgan fingerprint density at radius 3 is 1.90 bits per heavy atom. The number of ether oxygens (including phenoxy) is 4. The summed E-state index contributed by atoms with van der Waals surface area (Å²) in [6.07, 6.45) is 1.38. The molecule has 4 aromatic carbocycles. The molecule has 15 nitrogen and oxygen atoms in total. The molecule has 4 heterocycles. The molecule has 0 bridgehead atoms. The Bertz CT molecular complexity index is 3280. The molecular weight excluding hydrogens is 918 g/mol. The van der Waals surface area contributed by atoms with E-state index in [0.717, 1.165) is 20.7 Å². The van der Waals surface area contributed by atoms with Crippen LogP contribution in [-0.2, 0) is 9.59 Å². The zero-order valence-corrected chi connectivity index (χ0v) is 38.5. The smallest absolute Gasteiger partial charge is 0.308 e. The maximum Gasteiger partial charge on any atom is 0.308 e. The average molecular weight is 955 g/mol. The van der Waals surface area contributed by atoms with Gasteiger partial charge in [-0.2, -0.15) is 0 Å². The lowest BCUT2D eigenvalue weighted by molar-refractivity contribution is -0.133. The van der Waals surface area contributed by atoms with Gasteiger partial charge in [0, 0.05) is 71.8 Å². The molecular formula is C49H37Cl2N7O8S. The SMILES string of the molecule is COc1ccnc(C(=O)Nc2ccc3nc(N(C)c4ccc(-c5cc(OC)c(OC(C)=O)c(C(=O)Nc6ccc7nc(Sc8ccccc8Cl)ccc7c6)n5)cc4Cl)ccc3c2)c1OC(C)=O. The van der Waals surface area contributed by atoms with Crippen LogP contribution in [0.5, 0.6) is 23.0 Å². The minimum Gasteiger partial charge on any atom is -0.493 e. The van der Waals surface area contributed by atoms with Crippen LogP contribution in [0.4, 0.5) is 22.9 Å². The molecule has 18 heteroatoms. The standard InChI is InChI=1S/C49H37Cl2N7O8S/c1-26(59)65-46-39(63-4)20-21-52-44(46)48(61)53-31-13-15-35-28(22-31)11-18-42(55-35)58(3)38-17-10-30(24-34(38)51)37-25-40(64-5)47(66-27(2)60)45(57-37)49(62)54-32-14-16-36-29(23-32)12-19-43(56-36)67-41-9-7-6-8-33(41)50/h6-25H,1-5H3,(H,53,61)(H,54,62). The third-order valence-electron chi connectivity index (χ3n) is 10.0. The number of halogens is 2. The molecule has 0 aliphatic carbocycles. The molecule has 0 fully saturated rings. The van der Waals surface area contributed by atoms with Gasteiger partial charge in [-0.25, -0.2) is 19.9 Å². The van der Waals surface area contributed by atoms with Crippen molar-refractivity contribution >= 4 is 103 Å². The number of anilines is 4. The topological polar surface area (TPSA) is 184 Å². The maximum atomic E-state index is 14.0. The first-order valence-corrected chi connectivity index (χ1v) is 21.7. The Labute approximate surface area is 397 Å². The Hall–Kier alpha value is -7.79. The number of carbonyl (C=O) groups excluding carboxylic acids is 4. The van der Waals surface area contributed by atoms with E-state index in [1.807, 2.05) is 49.5 Å². The highest BCUT2D eigenvalue weighted by atomic mass is 35.5. The number of rotatable bonds is 13. The van der Waals surface area contributed by atoms with Gasteiger partial charge in [0.05, 0.1) is 46.7 Å². The monoisotopic (exact) mass is 953 g/mol. The van der Waals surface area contributed by atoms with E-state index >= 15 is 0 Å². The molecule has 0 unspecified atom stereocenters.